The Morgan fingerprint density at radius 1 is 1.24 bits per heavy atom. The summed E-state index contributed by atoms with van der Waals surface area (Å²) in [6, 6.07) is 10.3. The minimum absolute atomic E-state index is 0.349. The number of thioether (sulfide) groups is 1. The molecule has 2 heterocycles. The van der Waals surface area contributed by atoms with E-state index in [1.54, 1.807) is 25.2 Å². The minimum Gasteiger partial charge on any atom is -0.496 e. The van der Waals surface area contributed by atoms with Gasteiger partial charge >= 0.3 is 0 Å². The van der Waals surface area contributed by atoms with Crippen molar-refractivity contribution in [1.29, 1.82) is 5.26 Å². The van der Waals surface area contributed by atoms with Gasteiger partial charge in [0, 0.05) is 11.2 Å². The zero-order valence-electron chi connectivity index (χ0n) is 14.2. The number of hydrogen-bond donors (Lipinski definition) is 0. The second-order valence-electron chi connectivity index (χ2n) is 6.43. The Morgan fingerprint density at radius 3 is 2.92 bits per heavy atom. The average Bonchev–Trinajstić information content (AvgIpc) is 3.19. The van der Waals surface area contributed by atoms with E-state index in [0.29, 0.717) is 11.2 Å². The molecule has 1 fully saturated rings. The molecule has 0 spiro atoms. The number of ether oxygens (including phenoxy) is 1. The van der Waals surface area contributed by atoms with Crippen LogP contribution >= 0.6 is 11.8 Å². The molecule has 4 rings (SSSR count). The van der Waals surface area contributed by atoms with Crippen LogP contribution in [0.15, 0.2) is 36.2 Å². The maximum Gasteiger partial charge on any atom is 0.167 e. The SMILES string of the molecule is COc1ccccc1-c1ncnn1C1=C(C#N)[C@H]2CCCCC[C@H]2S1. The fourth-order valence-corrected chi connectivity index (χ4v) is 5.37. The molecule has 0 bridgehead atoms. The molecule has 6 heteroatoms. The highest BCUT2D eigenvalue weighted by Crippen LogP contribution is 2.50. The van der Waals surface area contributed by atoms with Crippen molar-refractivity contribution in [2.45, 2.75) is 37.4 Å². The van der Waals surface area contributed by atoms with Crippen LogP contribution in [0.1, 0.15) is 32.1 Å². The van der Waals surface area contributed by atoms with Gasteiger partial charge in [0.15, 0.2) is 5.82 Å². The van der Waals surface area contributed by atoms with Crippen LogP contribution < -0.4 is 4.74 Å². The first kappa shape index (κ1) is 16.2. The number of hydrogen-bond acceptors (Lipinski definition) is 5. The van der Waals surface area contributed by atoms with Crippen molar-refractivity contribution in [3.8, 4) is 23.2 Å². The number of rotatable bonds is 3. The third kappa shape index (κ3) is 2.83. The molecule has 1 aromatic heterocycles. The van der Waals surface area contributed by atoms with Gasteiger partial charge in [-0.25, -0.2) is 9.67 Å². The summed E-state index contributed by atoms with van der Waals surface area (Å²) in [5, 5.41) is 15.7. The summed E-state index contributed by atoms with van der Waals surface area (Å²) in [5.41, 5.74) is 1.76. The van der Waals surface area contributed by atoms with Crippen molar-refractivity contribution in [3.63, 3.8) is 0 Å². The lowest BCUT2D eigenvalue weighted by molar-refractivity contribution is 0.416. The van der Waals surface area contributed by atoms with Gasteiger partial charge in [0.25, 0.3) is 0 Å². The molecule has 1 aliphatic carbocycles. The van der Waals surface area contributed by atoms with Gasteiger partial charge in [0.2, 0.25) is 0 Å². The summed E-state index contributed by atoms with van der Waals surface area (Å²) in [7, 11) is 1.65. The van der Waals surface area contributed by atoms with E-state index in [0.717, 1.165) is 34.2 Å². The van der Waals surface area contributed by atoms with Gasteiger partial charge in [0.05, 0.1) is 24.3 Å². The predicted molar refractivity (Wildman–Crippen MR) is 98.8 cm³/mol. The fourth-order valence-electron chi connectivity index (χ4n) is 3.81. The average molecular weight is 352 g/mol. The van der Waals surface area contributed by atoms with Gasteiger partial charge in [-0.05, 0) is 25.0 Å². The van der Waals surface area contributed by atoms with E-state index < -0.39 is 0 Å². The number of fused-ring (bicyclic) bond motifs is 1. The maximum absolute atomic E-state index is 9.82. The Labute approximate surface area is 151 Å². The molecule has 0 amide bonds. The van der Waals surface area contributed by atoms with Gasteiger partial charge in [-0.3, -0.25) is 0 Å². The first-order chi connectivity index (χ1) is 12.3. The van der Waals surface area contributed by atoms with Crippen LogP contribution in [0.3, 0.4) is 0 Å². The second-order valence-corrected chi connectivity index (χ2v) is 7.66. The van der Waals surface area contributed by atoms with E-state index in [-0.39, 0.29) is 0 Å². The standard InChI is InChI=1S/C19H20N4OS/c1-24-16-9-6-5-8-14(16)18-21-12-22-23(18)19-15(11-20)13-7-3-2-4-10-17(13)25-19/h5-6,8-9,12-13,17H,2-4,7,10H2,1H3/t13-,17-/m1/s1. The summed E-state index contributed by atoms with van der Waals surface area (Å²) in [6.45, 7) is 0. The molecule has 1 aromatic carbocycles. The second kappa shape index (κ2) is 6.93. The highest BCUT2D eigenvalue weighted by molar-refractivity contribution is 8.08. The van der Waals surface area contributed by atoms with Crippen LogP contribution in [-0.2, 0) is 0 Å². The summed E-state index contributed by atoms with van der Waals surface area (Å²) in [6.07, 6.45) is 7.55. The van der Waals surface area contributed by atoms with E-state index >= 15 is 0 Å². The highest BCUT2D eigenvalue weighted by atomic mass is 32.2. The molecule has 1 saturated carbocycles. The zero-order chi connectivity index (χ0) is 17.2. The maximum atomic E-state index is 9.82. The Bertz CT molecular complexity index is 851. The van der Waals surface area contributed by atoms with E-state index in [1.165, 1.54) is 25.7 Å². The Balaban J connectivity index is 1.80. The highest BCUT2D eigenvalue weighted by Gasteiger charge is 2.38. The molecule has 1 aliphatic heterocycles. The lowest BCUT2D eigenvalue weighted by Gasteiger charge is -2.14. The lowest BCUT2D eigenvalue weighted by atomic mass is 9.93. The third-order valence-electron chi connectivity index (χ3n) is 5.03. The summed E-state index contributed by atoms with van der Waals surface area (Å²) in [4.78, 5) is 4.46. The third-order valence-corrected chi connectivity index (χ3v) is 6.51. The van der Waals surface area contributed by atoms with Gasteiger partial charge in [-0.2, -0.15) is 10.4 Å². The molecule has 2 aliphatic rings. The van der Waals surface area contributed by atoms with Crippen LogP contribution in [0.25, 0.3) is 16.4 Å². The molecule has 0 radical (unpaired) electrons. The van der Waals surface area contributed by atoms with Gasteiger partial charge in [-0.1, -0.05) is 31.4 Å². The Kier molecular flexibility index (Phi) is 4.50. The van der Waals surface area contributed by atoms with Crippen molar-refractivity contribution in [1.82, 2.24) is 14.8 Å². The molecule has 2 aromatic rings. The molecule has 128 valence electrons. The topological polar surface area (TPSA) is 63.7 Å². The molecule has 0 N–H and O–H groups in total. The first-order valence-electron chi connectivity index (χ1n) is 8.68. The summed E-state index contributed by atoms with van der Waals surface area (Å²) < 4.78 is 7.31. The number of aromatic nitrogens is 3. The number of benzene rings is 1. The van der Waals surface area contributed by atoms with Crippen molar-refractivity contribution in [2.24, 2.45) is 5.92 Å². The van der Waals surface area contributed by atoms with Gasteiger partial charge in [-0.15, -0.1) is 11.8 Å². The van der Waals surface area contributed by atoms with Gasteiger partial charge < -0.3 is 4.74 Å². The molecule has 2 atom stereocenters. The van der Waals surface area contributed by atoms with Crippen LogP contribution in [0, 0.1) is 17.2 Å². The molecular weight excluding hydrogens is 332 g/mol. The van der Waals surface area contributed by atoms with E-state index in [9.17, 15) is 5.26 Å². The number of allylic oxidation sites excluding steroid dienone is 1. The van der Waals surface area contributed by atoms with Crippen LogP contribution in [0.5, 0.6) is 5.75 Å². The number of nitriles is 1. The van der Waals surface area contributed by atoms with Crippen molar-refractivity contribution >= 4 is 16.8 Å². The van der Waals surface area contributed by atoms with Gasteiger partial charge in [0.1, 0.15) is 17.1 Å². The van der Waals surface area contributed by atoms with Crippen LogP contribution in [0.2, 0.25) is 0 Å². The first-order valence-corrected chi connectivity index (χ1v) is 9.56. The van der Waals surface area contributed by atoms with Crippen LogP contribution in [-0.4, -0.2) is 27.1 Å². The van der Waals surface area contributed by atoms with E-state index in [4.69, 9.17) is 4.74 Å². The largest absolute Gasteiger partial charge is 0.496 e. The van der Waals surface area contributed by atoms with E-state index in [1.807, 2.05) is 28.9 Å². The molecule has 0 saturated heterocycles. The smallest absolute Gasteiger partial charge is 0.167 e. The normalized spacial score (nSPS) is 23.0. The van der Waals surface area contributed by atoms with Crippen molar-refractivity contribution in [2.75, 3.05) is 7.11 Å². The van der Waals surface area contributed by atoms with Crippen LogP contribution in [0.4, 0.5) is 0 Å². The number of nitrogens with zero attached hydrogens (tertiary/aromatic N) is 4. The summed E-state index contributed by atoms with van der Waals surface area (Å²) in [5.74, 6) is 1.83. The molecular formula is C19H20N4OS. The zero-order valence-corrected chi connectivity index (χ0v) is 15.0. The Hall–Kier alpha value is -2.26. The molecule has 5 nitrogen and oxygen atoms in total. The monoisotopic (exact) mass is 352 g/mol. The van der Waals surface area contributed by atoms with E-state index in [2.05, 4.69) is 16.2 Å². The number of methoxy groups -OCH3 is 1. The van der Waals surface area contributed by atoms with Crippen molar-refractivity contribution < 1.29 is 4.74 Å². The molecule has 25 heavy (non-hydrogen) atoms. The Morgan fingerprint density at radius 2 is 2.08 bits per heavy atom. The minimum atomic E-state index is 0.349. The molecule has 0 unspecified atom stereocenters. The predicted octanol–water partition coefficient (Wildman–Crippen LogP) is 4.34. The number of para-hydroxylation sites is 1. The lowest BCUT2D eigenvalue weighted by Crippen LogP contribution is -2.12. The fraction of sp³-hybridized carbons (Fsp3) is 0.421. The summed E-state index contributed by atoms with van der Waals surface area (Å²) >= 11 is 1.80. The van der Waals surface area contributed by atoms with Crippen molar-refractivity contribution in [3.05, 3.63) is 36.2 Å². The quantitative estimate of drug-likeness (QED) is 0.822.